The molecule has 1 saturated carbocycles. The van der Waals surface area contributed by atoms with Crippen LogP contribution in [0.25, 0.3) is 0 Å². The Bertz CT molecular complexity index is 891. The van der Waals surface area contributed by atoms with Crippen LogP contribution < -0.4 is 10.1 Å². The van der Waals surface area contributed by atoms with Crippen LogP contribution in [-0.2, 0) is 16.0 Å². The number of benzene rings is 1. The number of nitrogens with one attached hydrogen (secondary N) is 1. The summed E-state index contributed by atoms with van der Waals surface area (Å²) in [5, 5.41) is 2.82. The van der Waals surface area contributed by atoms with Crippen molar-refractivity contribution in [3.8, 4) is 5.75 Å². The van der Waals surface area contributed by atoms with E-state index in [1.807, 2.05) is 29.2 Å². The van der Waals surface area contributed by atoms with Gasteiger partial charge in [-0.15, -0.1) is 0 Å². The topological polar surface area (TPSA) is 79.0 Å². The molecule has 1 N–H and O–H groups in total. The van der Waals surface area contributed by atoms with Crippen LogP contribution in [-0.4, -0.2) is 52.9 Å². The van der Waals surface area contributed by atoms with Gasteiger partial charge < -0.3 is 15.0 Å². The third-order valence-corrected chi connectivity index (χ3v) is 6.47. The van der Waals surface area contributed by atoms with E-state index in [4.69, 9.17) is 4.74 Å². The standard InChI is InChI=1S/C24H31N3O4/c1-24(15-14-17-8-12-20(31-2)13-9-17)22(29)26(23(30)25-24)16-21(28)27(19-10-11-19)18-6-4-3-5-7-18/h6,8-9,12-13,19H,3-5,7,10-11,14-16H2,1-2H3,(H,25,30)/t24-/m0/s1. The molecule has 0 spiro atoms. The lowest BCUT2D eigenvalue weighted by Crippen LogP contribution is -2.46. The predicted octanol–water partition coefficient (Wildman–Crippen LogP) is 3.39. The smallest absolute Gasteiger partial charge is 0.325 e. The summed E-state index contributed by atoms with van der Waals surface area (Å²) in [6.45, 7) is 1.54. The van der Waals surface area contributed by atoms with Gasteiger partial charge >= 0.3 is 6.03 Å². The molecule has 1 aliphatic heterocycles. The molecule has 2 aliphatic carbocycles. The third-order valence-electron chi connectivity index (χ3n) is 6.47. The van der Waals surface area contributed by atoms with Gasteiger partial charge in [0.25, 0.3) is 5.91 Å². The van der Waals surface area contributed by atoms with Gasteiger partial charge in [-0.1, -0.05) is 18.2 Å². The Hall–Kier alpha value is -2.83. The van der Waals surface area contributed by atoms with E-state index in [1.54, 1.807) is 14.0 Å². The van der Waals surface area contributed by atoms with Crippen molar-refractivity contribution >= 4 is 17.8 Å². The summed E-state index contributed by atoms with van der Waals surface area (Å²) in [5.74, 6) is 0.296. The van der Waals surface area contributed by atoms with Crippen LogP contribution in [0.15, 0.2) is 36.0 Å². The van der Waals surface area contributed by atoms with Crippen molar-refractivity contribution in [1.29, 1.82) is 0 Å². The average Bonchev–Trinajstić information content (AvgIpc) is 3.58. The second-order valence-corrected chi connectivity index (χ2v) is 8.94. The Balaban J connectivity index is 1.40. The predicted molar refractivity (Wildman–Crippen MR) is 116 cm³/mol. The molecule has 1 aromatic rings. The minimum atomic E-state index is -1.01. The second-order valence-electron chi connectivity index (χ2n) is 8.94. The zero-order valence-electron chi connectivity index (χ0n) is 18.4. The summed E-state index contributed by atoms with van der Waals surface area (Å²) in [6.07, 6.45) is 9.32. The molecule has 0 aromatic heterocycles. The third kappa shape index (κ3) is 4.60. The number of allylic oxidation sites excluding steroid dienone is 2. The van der Waals surface area contributed by atoms with Crippen molar-refractivity contribution in [1.82, 2.24) is 15.1 Å². The van der Waals surface area contributed by atoms with Crippen molar-refractivity contribution in [2.24, 2.45) is 0 Å². The Morgan fingerprint density at radius 3 is 2.58 bits per heavy atom. The number of hydrogen-bond acceptors (Lipinski definition) is 4. The van der Waals surface area contributed by atoms with Crippen LogP contribution in [0.2, 0.25) is 0 Å². The van der Waals surface area contributed by atoms with E-state index >= 15 is 0 Å². The molecule has 1 heterocycles. The molecule has 1 atom stereocenters. The van der Waals surface area contributed by atoms with E-state index in [2.05, 4.69) is 11.4 Å². The molecule has 4 amide bonds. The first-order valence-electron chi connectivity index (χ1n) is 11.2. The minimum absolute atomic E-state index is 0.154. The zero-order valence-corrected chi connectivity index (χ0v) is 18.4. The van der Waals surface area contributed by atoms with Gasteiger partial charge in [-0.2, -0.15) is 0 Å². The molecule has 31 heavy (non-hydrogen) atoms. The van der Waals surface area contributed by atoms with Gasteiger partial charge in [-0.25, -0.2) is 4.79 Å². The summed E-state index contributed by atoms with van der Waals surface area (Å²) >= 11 is 0. The van der Waals surface area contributed by atoms with Crippen LogP contribution in [0.3, 0.4) is 0 Å². The molecule has 2 fully saturated rings. The molecule has 3 aliphatic rings. The summed E-state index contributed by atoms with van der Waals surface area (Å²) < 4.78 is 5.18. The number of hydrogen-bond donors (Lipinski definition) is 1. The maximum Gasteiger partial charge on any atom is 0.325 e. The van der Waals surface area contributed by atoms with E-state index in [-0.39, 0.29) is 24.4 Å². The lowest BCUT2D eigenvalue weighted by molar-refractivity contribution is -0.138. The lowest BCUT2D eigenvalue weighted by atomic mass is 9.93. The van der Waals surface area contributed by atoms with Gasteiger partial charge in [0.2, 0.25) is 5.91 Å². The second kappa shape index (κ2) is 8.73. The van der Waals surface area contributed by atoms with E-state index in [0.717, 1.165) is 60.4 Å². The van der Waals surface area contributed by atoms with Gasteiger partial charge in [0, 0.05) is 11.7 Å². The maximum absolute atomic E-state index is 13.1. The summed E-state index contributed by atoms with van der Waals surface area (Å²) in [5.41, 5.74) is 1.11. The van der Waals surface area contributed by atoms with Crippen molar-refractivity contribution in [3.05, 3.63) is 41.6 Å². The largest absolute Gasteiger partial charge is 0.497 e. The fourth-order valence-corrected chi connectivity index (χ4v) is 4.43. The Morgan fingerprint density at radius 2 is 1.97 bits per heavy atom. The molecule has 1 saturated heterocycles. The zero-order chi connectivity index (χ0) is 22.0. The summed E-state index contributed by atoms with van der Waals surface area (Å²) in [7, 11) is 1.62. The quantitative estimate of drug-likeness (QED) is 0.648. The number of amides is 4. The Labute approximate surface area is 183 Å². The molecule has 4 rings (SSSR count). The lowest BCUT2D eigenvalue weighted by Gasteiger charge is -2.29. The van der Waals surface area contributed by atoms with Gasteiger partial charge in [-0.3, -0.25) is 14.5 Å². The Kier molecular flexibility index (Phi) is 6.03. The molecule has 1 aromatic carbocycles. The number of nitrogens with zero attached hydrogens (tertiary/aromatic N) is 2. The van der Waals surface area contributed by atoms with Crippen molar-refractivity contribution in [2.75, 3.05) is 13.7 Å². The van der Waals surface area contributed by atoms with Gasteiger partial charge in [0.1, 0.15) is 17.8 Å². The minimum Gasteiger partial charge on any atom is -0.497 e. The molecular formula is C24H31N3O4. The highest BCUT2D eigenvalue weighted by molar-refractivity contribution is 6.08. The number of urea groups is 1. The highest BCUT2D eigenvalue weighted by atomic mass is 16.5. The molecular weight excluding hydrogens is 394 g/mol. The molecule has 7 nitrogen and oxygen atoms in total. The van der Waals surface area contributed by atoms with E-state index in [0.29, 0.717) is 12.8 Å². The number of methoxy groups -OCH3 is 1. The molecule has 0 radical (unpaired) electrons. The average molecular weight is 426 g/mol. The fraction of sp³-hybridized carbons (Fsp3) is 0.542. The van der Waals surface area contributed by atoms with Crippen molar-refractivity contribution in [3.63, 3.8) is 0 Å². The van der Waals surface area contributed by atoms with Crippen molar-refractivity contribution in [2.45, 2.75) is 69.9 Å². The summed E-state index contributed by atoms with van der Waals surface area (Å²) in [6, 6.07) is 7.41. The number of carbonyl (C=O) groups is 3. The Morgan fingerprint density at radius 1 is 1.23 bits per heavy atom. The molecule has 7 heteroatoms. The monoisotopic (exact) mass is 425 g/mol. The van der Waals surface area contributed by atoms with Crippen LogP contribution in [0.4, 0.5) is 4.79 Å². The summed E-state index contributed by atoms with van der Waals surface area (Å²) in [4.78, 5) is 41.8. The number of carbonyl (C=O) groups excluding carboxylic acids is 3. The number of imide groups is 1. The van der Waals surface area contributed by atoms with Gasteiger partial charge in [0.05, 0.1) is 7.11 Å². The maximum atomic E-state index is 13.1. The fourth-order valence-electron chi connectivity index (χ4n) is 4.43. The van der Waals surface area contributed by atoms with Crippen molar-refractivity contribution < 1.29 is 19.1 Å². The molecule has 0 bridgehead atoms. The highest BCUT2D eigenvalue weighted by Crippen LogP contribution is 2.34. The van der Waals surface area contributed by atoms with Crippen LogP contribution >= 0.6 is 0 Å². The van der Waals surface area contributed by atoms with Crippen LogP contribution in [0.5, 0.6) is 5.75 Å². The SMILES string of the molecule is COc1ccc(CC[C@]2(C)NC(=O)N(CC(=O)N(C3=CCCCC3)C3CC3)C2=O)cc1. The van der Waals surface area contributed by atoms with E-state index in [9.17, 15) is 14.4 Å². The van der Waals surface area contributed by atoms with E-state index < -0.39 is 11.6 Å². The van der Waals surface area contributed by atoms with Crippen LogP contribution in [0.1, 0.15) is 57.4 Å². The van der Waals surface area contributed by atoms with Gasteiger partial charge in [0.15, 0.2) is 0 Å². The molecule has 0 unspecified atom stereocenters. The van der Waals surface area contributed by atoms with Gasteiger partial charge in [-0.05, 0) is 76.0 Å². The number of aryl methyl sites for hydroxylation is 1. The number of ether oxygens (including phenoxy) is 1. The number of rotatable bonds is 8. The first-order chi connectivity index (χ1) is 14.9. The first-order valence-corrected chi connectivity index (χ1v) is 11.2. The first kappa shape index (κ1) is 21.4. The van der Waals surface area contributed by atoms with E-state index in [1.165, 1.54) is 0 Å². The highest BCUT2D eigenvalue weighted by Gasteiger charge is 2.49. The normalized spacial score (nSPS) is 23.4. The van der Waals surface area contributed by atoms with Crippen LogP contribution in [0, 0.1) is 0 Å². The molecule has 166 valence electrons.